The van der Waals surface area contributed by atoms with Crippen molar-refractivity contribution >= 4 is 28.9 Å². The number of quaternary nitrogens is 1. The molecule has 1 aliphatic heterocycles. The third-order valence-electron chi connectivity index (χ3n) is 4.20. The molecule has 1 fully saturated rings. The van der Waals surface area contributed by atoms with Crippen LogP contribution in [0.3, 0.4) is 0 Å². The maximum atomic E-state index is 12.5. The van der Waals surface area contributed by atoms with E-state index in [1.54, 1.807) is 12.3 Å². The van der Waals surface area contributed by atoms with Gasteiger partial charge < -0.3 is 9.80 Å². The number of aromatic nitrogens is 2. The van der Waals surface area contributed by atoms with E-state index in [-0.39, 0.29) is 10.6 Å². The minimum Gasteiger partial charge on any atom is -0.358 e. The fourth-order valence-corrected chi connectivity index (χ4v) is 3.17. The van der Waals surface area contributed by atoms with Crippen LogP contribution in [0.2, 0.25) is 10.0 Å². The molecule has 122 valence electrons. The number of hydrogen-bond acceptors (Lipinski definition) is 3. The molecule has 0 radical (unpaired) electrons. The van der Waals surface area contributed by atoms with Gasteiger partial charge in [-0.25, -0.2) is 4.68 Å². The smallest absolute Gasteiger partial charge is 0.287 e. The van der Waals surface area contributed by atoms with Gasteiger partial charge >= 0.3 is 0 Å². The topological polar surface area (TPSA) is 42.6 Å². The summed E-state index contributed by atoms with van der Waals surface area (Å²) < 4.78 is 1.36. The first-order chi connectivity index (χ1) is 11.1. The van der Waals surface area contributed by atoms with Gasteiger partial charge in [-0.2, -0.15) is 5.10 Å². The summed E-state index contributed by atoms with van der Waals surface area (Å²) in [5.74, 6) is 0. The van der Waals surface area contributed by atoms with Crippen molar-refractivity contribution in [1.29, 1.82) is 0 Å². The number of benzene rings is 1. The maximum absolute atomic E-state index is 12.5. The van der Waals surface area contributed by atoms with Crippen molar-refractivity contribution in [2.24, 2.45) is 0 Å². The van der Waals surface area contributed by atoms with Crippen molar-refractivity contribution in [3.8, 4) is 0 Å². The minimum atomic E-state index is -0.282. The predicted octanol–water partition coefficient (Wildman–Crippen LogP) is 0.933. The highest BCUT2D eigenvalue weighted by Crippen LogP contribution is 2.21. The van der Waals surface area contributed by atoms with Crippen molar-refractivity contribution in [1.82, 2.24) is 9.78 Å². The van der Waals surface area contributed by atoms with Crippen LogP contribution < -0.4 is 15.4 Å². The minimum absolute atomic E-state index is 0.228. The molecule has 1 aliphatic rings. The Labute approximate surface area is 145 Å². The second kappa shape index (κ2) is 6.91. The van der Waals surface area contributed by atoms with Crippen molar-refractivity contribution in [3.05, 3.63) is 56.4 Å². The molecule has 1 saturated heterocycles. The Morgan fingerprint density at radius 1 is 1.22 bits per heavy atom. The third-order valence-corrected chi connectivity index (χ3v) is 4.93. The quantitative estimate of drug-likeness (QED) is 0.892. The van der Waals surface area contributed by atoms with Crippen molar-refractivity contribution in [2.75, 3.05) is 38.1 Å². The summed E-state index contributed by atoms with van der Waals surface area (Å²) in [6.07, 6.45) is 1.68. The summed E-state index contributed by atoms with van der Waals surface area (Å²) in [6.45, 7) is 4.12. The van der Waals surface area contributed by atoms with Gasteiger partial charge in [-0.05, 0) is 11.6 Å². The molecule has 5 nitrogen and oxygen atoms in total. The zero-order valence-corrected chi connectivity index (χ0v) is 14.4. The highest BCUT2D eigenvalue weighted by atomic mass is 35.5. The Morgan fingerprint density at radius 2 is 1.91 bits per heavy atom. The van der Waals surface area contributed by atoms with Crippen LogP contribution in [0, 0.1) is 0 Å². The molecule has 2 heterocycles. The number of hydrogen-bond donors (Lipinski definition) is 1. The molecular formula is C16H19Cl2N4O+. The molecule has 1 aromatic carbocycles. The molecule has 3 rings (SSSR count). The van der Waals surface area contributed by atoms with Gasteiger partial charge in [0.1, 0.15) is 5.02 Å². The molecule has 0 atom stereocenters. The molecule has 0 bridgehead atoms. The summed E-state index contributed by atoms with van der Waals surface area (Å²) in [5, 5.41) is 5.12. The van der Waals surface area contributed by atoms with Gasteiger partial charge in [-0.3, -0.25) is 4.79 Å². The monoisotopic (exact) mass is 353 g/mol. The van der Waals surface area contributed by atoms with Crippen LogP contribution in [-0.4, -0.2) is 43.0 Å². The highest BCUT2D eigenvalue weighted by molar-refractivity contribution is 6.33. The van der Waals surface area contributed by atoms with Crippen LogP contribution in [0.5, 0.6) is 0 Å². The Balaban J connectivity index is 1.86. The van der Waals surface area contributed by atoms with E-state index in [4.69, 9.17) is 23.2 Å². The highest BCUT2D eigenvalue weighted by Gasteiger charge is 2.21. The average Bonchev–Trinajstić information content (AvgIpc) is 2.55. The molecule has 0 amide bonds. The van der Waals surface area contributed by atoms with Crippen LogP contribution in [-0.2, 0) is 6.54 Å². The van der Waals surface area contributed by atoms with Crippen LogP contribution >= 0.6 is 23.2 Å². The zero-order chi connectivity index (χ0) is 16.4. The van der Waals surface area contributed by atoms with Gasteiger partial charge in [0.2, 0.25) is 0 Å². The predicted molar refractivity (Wildman–Crippen MR) is 92.9 cm³/mol. The lowest BCUT2D eigenvalue weighted by atomic mass is 10.2. The number of nitrogens with zero attached hydrogens (tertiary/aromatic N) is 3. The number of anilines is 1. The van der Waals surface area contributed by atoms with Crippen molar-refractivity contribution in [2.45, 2.75) is 6.54 Å². The first-order valence-electron chi connectivity index (χ1n) is 7.61. The van der Waals surface area contributed by atoms with E-state index in [1.807, 2.05) is 18.2 Å². The lowest BCUT2D eigenvalue weighted by molar-refractivity contribution is -0.880. The molecule has 0 unspecified atom stereocenters. The van der Waals surface area contributed by atoms with E-state index in [9.17, 15) is 4.79 Å². The molecule has 1 aromatic heterocycles. The van der Waals surface area contributed by atoms with Gasteiger partial charge in [0.15, 0.2) is 0 Å². The lowest BCUT2D eigenvalue weighted by Gasteiger charge is -2.31. The molecule has 23 heavy (non-hydrogen) atoms. The van der Waals surface area contributed by atoms with Crippen LogP contribution in [0.25, 0.3) is 0 Å². The van der Waals surface area contributed by atoms with Crippen LogP contribution in [0.4, 0.5) is 5.69 Å². The Morgan fingerprint density at radius 3 is 2.61 bits per heavy atom. The zero-order valence-electron chi connectivity index (χ0n) is 12.9. The maximum Gasteiger partial charge on any atom is 0.287 e. The molecule has 1 N–H and O–H groups in total. The average molecular weight is 354 g/mol. The summed E-state index contributed by atoms with van der Waals surface area (Å²) in [4.78, 5) is 16.1. The Hall–Kier alpha value is -1.56. The van der Waals surface area contributed by atoms with Gasteiger partial charge in [-0.1, -0.05) is 41.4 Å². The SMILES string of the molecule is C[NH+]1CCN(c2cnn(Cc3ccccc3Cl)c(=O)c2Cl)CC1. The lowest BCUT2D eigenvalue weighted by Crippen LogP contribution is -3.12. The third kappa shape index (κ3) is 3.52. The number of nitrogens with one attached hydrogen (secondary N) is 1. The summed E-state index contributed by atoms with van der Waals surface area (Å²) in [5.41, 5.74) is 1.28. The first kappa shape index (κ1) is 16.3. The van der Waals surface area contributed by atoms with Gasteiger partial charge in [0.25, 0.3) is 5.56 Å². The Bertz CT molecular complexity index is 754. The molecule has 0 saturated carbocycles. The van der Waals surface area contributed by atoms with Gasteiger partial charge in [0.05, 0.1) is 51.7 Å². The first-order valence-corrected chi connectivity index (χ1v) is 8.37. The van der Waals surface area contributed by atoms with Crippen molar-refractivity contribution < 1.29 is 4.90 Å². The molecule has 0 spiro atoms. The van der Waals surface area contributed by atoms with Gasteiger partial charge in [0, 0.05) is 5.02 Å². The van der Waals surface area contributed by atoms with Crippen LogP contribution in [0.15, 0.2) is 35.3 Å². The molecule has 7 heteroatoms. The molecule has 2 aromatic rings. The van der Waals surface area contributed by atoms with E-state index >= 15 is 0 Å². The fraction of sp³-hybridized carbons (Fsp3) is 0.375. The molecule has 0 aliphatic carbocycles. The summed E-state index contributed by atoms with van der Waals surface area (Å²) in [6, 6.07) is 7.41. The van der Waals surface area contributed by atoms with E-state index in [1.165, 1.54) is 9.58 Å². The van der Waals surface area contributed by atoms with E-state index in [0.29, 0.717) is 11.6 Å². The largest absolute Gasteiger partial charge is 0.358 e. The molecular weight excluding hydrogens is 335 g/mol. The van der Waals surface area contributed by atoms with E-state index < -0.39 is 0 Å². The second-order valence-electron chi connectivity index (χ2n) is 5.84. The van der Waals surface area contributed by atoms with Crippen LogP contribution in [0.1, 0.15) is 5.56 Å². The fourth-order valence-electron chi connectivity index (χ4n) is 2.71. The number of rotatable bonds is 3. The normalized spacial score (nSPS) is 15.9. The summed E-state index contributed by atoms with van der Waals surface area (Å²) >= 11 is 12.5. The summed E-state index contributed by atoms with van der Waals surface area (Å²) in [7, 11) is 2.17. The van der Waals surface area contributed by atoms with E-state index in [0.717, 1.165) is 37.4 Å². The second-order valence-corrected chi connectivity index (χ2v) is 6.63. The number of piperazine rings is 1. The number of likely N-dealkylation sites (N-methyl/N-ethyl adjacent to an activating group) is 1. The standard InChI is InChI=1S/C16H18Cl2N4O/c1-20-6-8-21(9-7-20)14-10-19-22(16(23)15(14)18)11-12-4-2-3-5-13(12)17/h2-5,10H,6-9,11H2,1H3/p+1. The van der Waals surface area contributed by atoms with E-state index in [2.05, 4.69) is 17.0 Å². The van der Waals surface area contributed by atoms with Crippen molar-refractivity contribution in [3.63, 3.8) is 0 Å². The Kier molecular flexibility index (Phi) is 4.90. The van der Waals surface area contributed by atoms with Gasteiger partial charge in [-0.15, -0.1) is 0 Å². The number of halogens is 2.